The zero-order valence-corrected chi connectivity index (χ0v) is 16.6. The van der Waals surface area contributed by atoms with Crippen molar-refractivity contribution in [1.82, 2.24) is 19.1 Å². The van der Waals surface area contributed by atoms with Crippen LogP contribution < -0.4 is 0 Å². The molecule has 4 heteroatoms. The normalized spacial score (nSPS) is 11.6. The molecule has 0 aliphatic rings. The number of hydrogen-bond donors (Lipinski definition) is 0. The molecule has 0 unspecified atom stereocenters. The Hall–Kier alpha value is -3.40. The van der Waals surface area contributed by atoms with Crippen molar-refractivity contribution in [2.75, 3.05) is 0 Å². The summed E-state index contributed by atoms with van der Waals surface area (Å²) in [5.74, 6) is 2.02. The van der Waals surface area contributed by atoms with Crippen LogP contribution in [0, 0.1) is 13.8 Å². The largest absolute Gasteiger partial charge is 0.331 e. The summed E-state index contributed by atoms with van der Waals surface area (Å²) in [6.07, 6.45) is 0. The van der Waals surface area contributed by atoms with Crippen LogP contribution in [0.2, 0.25) is 0 Å². The van der Waals surface area contributed by atoms with E-state index in [2.05, 4.69) is 95.8 Å². The second-order valence-electron chi connectivity index (χ2n) is 7.49. The molecule has 0 radical (unpaired) electrons. The first-order valence-corrected chi connectivity index (χ1v) is 9.48. The van der Waals surface area contributed by atoms with Crippen LogP contribution in [0.1, 0.15) is 11.4 Å². The summed E-state index contributed by atoms with van der Waals surface area (Å²) in [4.78, 5) is 9.60. The Balaban J connectivity index is 1.64. The maximum Gasteiger partial charge on any atom is 0.140 e. The van der Waals surface area contributed by atoms with E-state index in [0.29, 0.717) is 0 Å². The molecule has 2 aromatic heterocycles. The topological polar surface area (TPSA) is 35.6 Å². The Labute approximate surface area is 164 Å². The van der Waals surface area contributed by atoms with Gasteiger partial charge in [-0.2, -0.15) is 0 Å². The van der Waals surface area contributed by atoms with Gasteiger partial charge in [-0.3, -0.25) is 0 Å². The molecule has 0 fully saturated rings. The highest BCUT2D eigenvalue weighted by Crippen LogP contribution is 2.30. The second-order valence-corrected chi connectivity index (χ2v) is 7.49. The van der Waals surface area contributed by atoms with E-state index in [-0.39, 0.29) is 0 Å². The summed E-state index contributed by atoms with van der Waals surface area (Å²) < 4.78 is 4.29. The molecule has 0 bridgehead atoms. The van der Waals surface area contributed by atoms with E-state index < -0.39 is 0 Å². The number of rotatable bonds is 2. The van der Waals surface area contributed by atoms with Crippen LogP contribution in [0.4, 0.5) is 0 Å². The molecule has 5 aromatic rings. The predicted molar refractivity (Wildman–Crippen MR) is 115 cm³/mol. The summed E-state index contributed by atoms with van der Waals surface area (Å²) in [7, 11) is 4.13. The van der Waals surface area contributed by atoms with Gasteiger partial charge in [0.1, 0.15) is 11.6 Å². The Bertz CT molecular complexity index is 1350. The van der Waals surface area contributed by atoms with Crippen molar-refractivity contribution >= 4 is 22.1 Å². The number of hydrogen-bond acceptors (Lipinski definition) is 2. The first-order valence-electron chi connectivity index (χ1n) is 9.48. The lowest BCUT2D eigenvalue weighted by Crippen LogP contribution is -1.92. The van der Waals surface area contributed by atoms with Gasteiger partial charge in [-0.1, -0.05) is 35.9 Å². The van der Waals surface area contributed by atoms with Gasteiger partial charge in [0.2, 0.25) is 0 Å². The molecule has 0 spiro atoms. The average Bonchev–Trinajstić information content (AvgIpc) is 3.17. The Morgan fingerprint density at radius 2 is 1.29 bits per heavy atom. The molecule has 0 atom stereocenters. The maximum absolute atomic E-state index is 4.93. The quantitative estimate of drug-likeness (QED) is 0.419. The third-order valence-corrected chi connectivity index (χ3v) is 5.59. The number of fused-ring (bicyclic) bond motifs is 2. The second kappa shape index (κ2) is 6.06. The highest BCUT2D eigenvalue weighted by Gasteiger charge is 2.12. The average molecular weight is 366 g/mol. The van der Waals surface area contributed by atoms with Crippen molar-refractivity contribution in [3.63, 3.8) is 0 Å². The van der Waals surface area contributed by atoms with Crippen molar-refractivity contribution in [3.8, 4) is 22.5 Å². The fraction of sp³-hybridized carbons (Fsp3) is 0.167. The van der Waals surface area contributed by atoms with E-state index in [4.69, 9.17) is 4.98 Å². The number of nitrogens with zero attached hydrogens (tertiary/aromatic N) is 4. The minimum Gasteiger partial charge on any atom is -0.331 e. The van der Waals surface area contributed by atoms with Gasteiger partial charge in [0, 0.05) is 19.7 Å². The molecule has 0 saturated heterocycles. The number of aromatic nitrogens is 4. The zero-order chi connectivity index (χ0) is 19.4. The SMILES string of the molecule is Cc1cccc(-c2nc3cc(-c4ccc5c(c4)nc(C)n5C)ccc3n2C)c1. The molecule has 4 nitrogen and oxygen atoms in total. The van der Waals surface area contributed by atoms with Crippen LogP contribution in [-0.2, 0) is 14.1 Å². The van der Waals surface area contributed by atoms with E-state index in [0.717, 1.165) is 50.4 Å². The number of aryl methyl sites for hydroxylation is 4. The third-order valence-electron chi connectivity index (χ3n) is 5.59. The van der Waals surface area contributed by atoms with Gasteiger partial charge >= 0.3 is 0 Å². The zero-order valence-electron chi connectivity index (χ0n) is 16.6. The Morgan fingerprint density at radius 3 is 1.96 bits per heavy atom. The van der Waals surface area contributed by atoms with E-state index >= 15 is 0 Å². The van der Waals surface area contributed by atoms with Crippen LogP contribution in [0.25, 0.3) is 44.6 Å². The smallest absolute Gasteiger partial charge is 0.140 e. The van der Waals surface area contributed by atoms with E-state index in [1.807, 2.05) is 6.92 Å². The van der Waals surface area contributed by atoms with Gasteiger partial charge in [-0.25, -0.2) is 9.97 Å². The summed E-state index contributed by atoms with van der Waals surface area (Å²) in [6.45, 7) is 4.15. The summed E-state index contributed by atoms with van der Waals surface area (Å²) in [5.41, 5.74) is 9.03. The molecule has 2 heterocycles. The van der Waals surface area contributed by atoms with Gasteiger partial charge in [-0.05, 0) is 55.3 Å². The highest BCUT2D eigenvalue weighted by atomic mass is 15.1. The first-order chi connectivity index (χ1) is 13.5. The fourth-order valence-electron chi connectivity index (χ4n) is 3.92. The third kappa shape index (κ3) is 2.53. The molecular formula is C24H22N4. The maximum atomic E-state index is 4.93. The van der Waals surface area contributed by atoms with Crippen molar-refractivity contribution in [1.29, 1.82) is 0 Å². The van der Waals surface area contributed by atoms with Gasteiger partial charge in [0.15, 0.2) is 0 Å². The standard InChI is InChI=1S/C24H22N4/c1-15-6-5-7-19(12-15)24-26-21-14-18(9-11-23(21)28(24)4)17-8-10-22-20(13-17)25-16(2)27(22)3/h5-14H,1-4H3. The summed E-state index contributed by atoms with van der Waals surface area (Å²) in [5, 5.41) is 0. The molecule has 0 saturated carbocycles. The van der Waals surface area contributed by atoms with Crippen LogP contribution in [0.3, 0.4) is 0 Å². The summed E-state index contributed by atoms with van der Waals surface area (Å²) >= 11 is 0. The molecular weight excluding hydrogens is 344 g/mol. The molecule has 0 aliphatic heterocycles. The first kappa shape index (κ1) is 16.8. The molecule has 0 aliphatic carbocycles. The van der Waals surface area contributed by atoms with Gasteiger partial charge in [0.05, 0.1) is 22.1 Å². The van der Waals surface area contributed by atoms with E-state index in [1.165, 1.54) is 5.56 Å². The lowest BCUT2D eigenvalue weighted by atomic mass is 10.0. The minimum atomic E-state index is 0.992. The van der Waals surface area contributed by atoms with E-state index in [1.54, 1.807) is 0 Å². The van der Waals surface area contributed by atoms with Crippen LogP contribution >= 0.6 is 0 Å². The van der Waals surface area contributed by atoms with Gasteiger partial charge in [-0.15, -0.1) is 0 Å². The van der Waals surface area contributed by atoms with Crippen molar-refractivity contribution in [2.45, 2.75) is 13.8 Å². The van der Waals surface area contributed by atoms with Crippen LogP contribution in [-0.4, -0.2) is 19.1 Å². The van der Waals surface area contributed by atoms with Crippen molar-refractivity contribution < 1.29 is 0 Å². The fourth-order valence-corrected chi connectivity index (χ4v) is 3.92. The summed E-state index contributed by atoms with van der Waals surface area (Å²) in [6, 6.07) is 21.5. The molecule has 5 rings (SSSR count). The van der Waals surface area contributed by atoms with Crippen LogP contribution in [0.15, 0.2) is 60.7 Å². The number of imidazole rings is 2. The molecule has 3 aromatic carbocycles. The molecule has 28 heavy (non-hydrogen) atoms. The predicted octanol–water partition coefficient (Wildman–Crippen LogP) is 5.41. The Morgan fingerprint density at radius 1 is 0.643 bits per heavy atom. The van der Waals surface area contributed by atoms with E-state index in [9.17, 15) is 0 Å². The van der Waals surface area contributed by atoms with Gasteiger partial charge in [0.25, 0.3) is 0 Å². The molecule has 138 valence electrons. The molecule has 0 amide bonds. The monoisotopic (exact) mass is 366 g/mol. The minimum absolute atomic E-state index is 0.992. The highest BCUT2D eigenvalue weighted by molar-refractivity contribution is 5.88. The van der Waals surface area contributed by atoms with Crippen LogP contribution in [0.5, 0.6) is 0 Å². The van der Waals surface area contributed by atoms with Crippen molar-refractivity contribution in [2.24, 2.45) is 14.1 Å². The molecule has 0 N–H and O–H groups in total. The lowest BCUT2D eigenvalue weighted by molar-refractivity contribution is 0.886. The number of benzene rings is 3. The van der Waals surface area contributed by atoms with Gasteiger partial charge < -0.3 is 9.13 Å². The van der Waals surface area contributed by atoms with Crippen molar-refractivity contribution in [3.05, 3.63) is 72.1 Å². The Kier molecular flexibility index (Phi) is 3.63. The lowest BCUT2D eigenvalue weighted by Gasteiger charge is -2.04.